The number of H-pyrrole nitrogens is 1. The van der Waals surface area contributed by atoms with Crippen molar-refractivity contribution < 1.29 is 4.92 Å². The smallest absolute Gasteiger partial charge is 0.298 e. The van der Waals surface area contributed by atoms with Gasteiger partial charge in [-0.15, -0.1) is 0 Å². The fraction of sp³-hybridized carbons (Fsp3) is 0.118. The van der Waals surface area contributed by atoms with Crippen LogP contribution in [0.1, 0.15) is 18.2 Å². The van der Waals surface area contributed by atoms with Crippen molar-refractivity contribution in [2.45, 2.75) is 13.3 Å². The highest BCUT2D eigenvalue weighted by Gasteiger charge is 2.21. The molecule has 2 aromatic carbocycles. The Bertz CT molecular complexity index is 817. The molecule has 0 unspecified atom stereocenters. The van der Waals surface area contributed by atoms with Gasteiger partial charge in [-0.25, -0.2) is 0 Å². The molecule has 0 aliphatic heterocycles. The van der Waals surface area contributed by atoms with Gasteiger partial charge >= 0.3 is 0 Å². The van der Waals surface area contributed by atoms with Gasteiger partial charge in [-0.3, -0.25) is 10.1 Å². The number of nitro groups is 1. The van der Waals surface area contributed by atoms with Crippen LogP contribution in [-0.2, 0) is 6.42 Å². The lowest BCUT2D eigenvalue weighted by Gasteiger charge is -1.98. The maximum atomic E-state index is 11.3. The second-order valence-electron chi connectivity index (χ2n) is 4.64. The highest BCUT2D eigenvalue weighted by molar-refractivity contribution is 5.90. The molecule has 0 aliphatic rings. The molecule has 0 aliphatic carbocycles. The van der Waals surface area contributed by atoms with Crippen LogP contribution in [0.25, 0.3) is 10.9 Å². The zero-order valence-electron chi connectivity index (χ0n) is 12.1. The summed E-state index contributed by atoms with van der Waals surface area (Å²) < 4.78 is 0. The summed E-state index contributed by atoms with van der Waals surface area (Å²) in [7, 11) is 0. The predicted octanol–water partition coefficient (Wildman–Crippen LogP) is 4.20. The van der Waals surface area contributed by atoms with Crippen molar-refractivity contribution in [1.82, 2.24) is 4.98 Å². The molecule has 3 aromatic rings. The molecular weight excluding hydrogens is 278 g/mol. The van der Waals surface area contributed by atoms with E-state index in [4.69, 9.17) is 5.26 Å². The normalized spacial score (nSPS) is 9.64. The summed E-state index contributed by atoms with van der Waals surface area (Å²) in [6, 6.07) is 18.8. The quantitative estimate of drug-likeness (QED) is 0.580. The highest BCUT2D eigenvalue weighted by Crippen LogP contribution is 2.30. The molecule has 5 nitrogen and oxygen atoms in total. The van der Waals surface area contributed by atoms with Gasteiger partial charge in [-0.05, 0) is 17.7 Å². The molecule has 1 N–H and O–H groups in total. The van der Waals surface area contributed by atoms with Crippen LogP contribution in [0.3, 0.4) is 0 Å². The van der Waals surface area contributed by atoms with Crippen LogP contribution in [0.15, 0.2) is 54.6 Å². The van der Waals surface area contributed by atoms with Gasteiger partial charge in [0.05, 0.1) is 27.6 Å². The topological polar surface area (TPSA) is 82.7 Å². The summed E-state index contributed by atoms with van der Waals surface area (Å²) in [5.41, 5.74) is 2.69. The number of fused-ring (bicyclic) bond motifs is 1. The highest BCUT2D eigenvalue weighted by atomic mass is 16.6. The Hall–Kier alpha value is -3.13. The maximum absolute atomic E-state index is 11.3. The van der Waals surface area contributed by atoms with Gasteiger partial charge in [0.25, 0.3) is 5.69 Å². The molecule has 0 amide bonds. The van der Waals surface area contributed by atoms with Crippen LogP contribution in [0.4, 0.5) is 5.69 Å². The zero-order valence-corrected chi connectivity index (χ0v) is 12.1. The number of nitrogens with one attached hydrogen (secondary N) is 1. The average Bonchev–Trinajstić information content (AvgIpc) is 2.87. The first kappa shape index (κ1) is 15.3. The number of rotatable bonds is 3. The van der Waals surface area contributed by atoms with Gasteiger partial charge in [0.2, 0.25) is 0 Å². The summed E-state index contributed by atoms with van der Waals surface area (Å²) in [6.07, 6.45) is 0.534. The molecule has 0 spiro atoms. The molecule has 22 heavy (non-hydrogen) atoms. The molecule has 110 valence electrons. The fourth-order valence-corrected chi connectivity index (χ4v) is 2.32. The number of hydrogen-bond acceptors (Lipinski definition) is 3. The van der Waals surface area contributed by atoms with Crippen LogP contribution in [0, 0.1) is 21.4 Å². The molecule has 0 radical (unpaired) electrons. The lowest BCUT2D eigenvalue weighted by molar-refractivity contribution is -0.383. The second-order valence-corrected chi connectivity index (χ2v) is 4.64. The molecule has 0 fully saturated rings. The van der Waals surface area contributed by atoms with E-state index >= 15 is 0 Å². The molecule has 3 rings (SSSR count). The Kier molecular flexibility index (Phi) is 4.89. The van der Waals surface area contributed by atoms with E-state index in [2.05, 4.69) is 4.98 Å². The number of nitrogens with zero attached hydrogens (tertiary/aromatic N) is 2. The van der Waals surface area contributed by atoms with Crippen molar-refractivity contribution in [3.63, 3.8) is 0 Å². The van der Waals surface area contributed by atoms with E-state index in [0.29, 0.717) is 17.5 Å². The number of benzene rings is 2. The molecule has 5 heteroatoms. The molecule has 0 saturated carbocycles. The van der Waals surface area contributed by atoms with Gasteiger partial charge in [0.15, 0.2) is 0 Å². The Morgan fingerprint density at radius 3 is 2.36 bits per heavy atom. The predicted molar refractivity (Wildman–Crippen MR) is 85.5 cm³/mol. The minimum Gasteiger partial charge on any atom is -0.352 e. The third-order valence-corrected chi connectivity index (χ3v) is 3.16. The summed E-state index contributed by atoms with van der Waals surface area (Å²) in [5.74, 6) is 0. The molecule has 1 heterocycles. The van der Waals surface area contributed by atoms with Gasteiger partial charge < -0.3 is 4.98 Å². The average molecular weight is 293 g/mol. The number of para-hydroxylation sites is 1. The molecule has 0 atom stereocenters. The summed E-state index contributed by atoms with van der Waals surface area (Å²) in [5, 5.41) is 19.3. The van der Waals surface area contributed by atoms with Gasteiger partial charge in [0.1, 0.15) is 0 Å². The van der Waals surface area contributed by atoms with E-state index in [9.17, 15) is 10.1 Å². The molecular formula is C17H15N3O2. The third-order valence-electron chi connectivity index (χ3n) is 3.16. The van der Waals surface area contributed by atoms with Crippen molar-refractivity contribution in [3.8, 4) is 6.07 Å². The third kappa shape index (κ3) is 3.30. The monoisotopic (exact) mass is 293 g/mol. The molecule has 1 aromatic heterocycles. The van der Waals surface area contributed by atoms with E-state index in [-0.39, 0.29) is 10.6 Å². The SMILES string of the molecule is CC#N.O=[N+]([O-])c1c(Cc2ccccc2)[nH]c2ccccc12. The van der Waals surface area contributed by atoms with E-state index in [1.165, 1.54) is 6.92 Å². The van der Waals surface area contributed by atoms with Gasteiger partial charge in [-0.1, -0.05) is 42.5 Å². The Balaban J connectivity index is 0.000000545. The van der Waals surface area contributed by atoms with E-state index < -0.39 is 0 Å². The molecule has 0 bridgehead atoms. The van der Waals surface area contributed by atoms with Crippen molar-refractivity contribution in [3.05, 3.63) is 76.0 Å². The fourth-order valence-electron chi connectivity index (χ4n) is 2.32. The van der Waals surface area contributed by atoms with Crippen molar-refractivity contribution >= 4 is 16.6 Å². The van der Waals surface area contributed by atoms with Crippen molar-refractivity contribution in [2.75, 3.05) is 0 Å². The minimum absolute atomic E-state index is 0.180. The van der Waals surface area contributed by atoms with Crippen LogP contribution < -0.4 is 0 Å². The minimum atomic E-state index is -0.308. The first-order valence-corrected chi connectivity index (χ1v) is 6.76. The Morgan fingerprint density at radius 1 is 1.14 bits per heavy atom. The number of aromatic nitrogens is 1. The standard InChI is InChI=1S/C15H12N2O2.C2H3N/c18-17(19)15-12-8-4-5-9-13(12)16-14(15)10-11-6-2-1-3-7-11;1-2-3/h1-9,16H,10H2;1H3. The van der Waals surface area contributed by atoms with Crippen molar-refractivity contribution in [2.24, 2.45) is 0 Å². The summed E-state index contributed by atoms with van der Waals surface area (Å²) in [6.45, 7) is 1.43. The zero-order chi connectivity index (χ0) is 15.9. The lowest BCUT2D eigenvalue weighted by Crippen LogP contribution is -1.94. The molecule has 0 saturated heterocycles. The van der Waals surface area contributed by atoms with E-state index in [1.807, 2.05) is 48.5 Å². The van der Waals surface area contributed by atoms with Crippen LogP contribution in [0.5, 0.6) is 0 Å². The Labute approximate surface area is 128 Å². The summed E-state index contributed by atoms with van der Waals surface area (Å²) in [4.78, 5) is 14.1. The first-order chi connectivity index (χ1) is 10.7. The Morgan fingerprint density at radius 2 is 1.73 bits per heavy atom. The first-order valence-electron chi connectivity index (χ1n) is 6.76. The van der Waals surface area contributed by atoms with Crippen LogP contribution in [0.2, 0.25) is 0 Å². The summed E-state index contributed by atoms with van der Waals surface area (Å²) >= 11 is 0. The maximum Gasteiger partial charge on any atom is 0.298 e. The number of nitriles is 1. The van der Waals surface area contributed by atoms with Crippen LogP contribution in [-0.4, -0.2) is 9.91 Å². The van der Waals surface area contributed by atoms with E-state index in [0.717, 1.165) is 11.1 Å². The number of hydrogen-bond donors (Lipinski definition) is 1. The number of aromatic amines is 1. The van der Waals surface area contributed by atoms with Crippen molar-refractivity contribution in [1.29, 1.82) is 5.26 Å². The largest absolute Gasteiger partial charge is 0.352 e. The van der Waals surface area contributed by atoms with Gasteiger partial charge in [0, 0.05) is 13.3 Å². The lowest BCUT2D eigenvalue weighted by atomic mass is 10.1. The van der Waals surface area contributed by atoms with Crippen LogP contribution >= 0.6 is 0 Å². The second kappa shape index (κ2) is 7.04. The van der Waals surface area contributed by atoms with Gasteiger partial charge in [-0.2, -0.15) is 5.26 Å². The van der Waals surface area contributed by atoms with E-state index in [1.54, 1.807) is 12.1 Å².